The molecular weight excluding hydrogens is 236 g/mol. The van der Waals surface area contributed by atoms with E-state index in [1.807, 2.05) is 6.92 Å². The van der Waals surface area contributed by atoms with E-state index >= 15 is 0 Å². The molecule has 2 heteroatoms. The van der Waals surface area contributed by atoms with E-state index in [1.54, 1.807) is 6.08 Å². The van der Waals surface area contributed by atoms with Crippen molar-refractivity contribution < 1.29 is 9.53 Å². The van der Waals surface area contributed by atoms with Crippen molar-refractivity contribution in [2.75, 3.05) is 6.61 Å². The van der Waals surface area contributed by atoms with Crippen LogP contribution in [0.25, 0.3) is 0 Å². The van der Waals surface area contributed by atoms with E-state index < -0.39 is 0 Å². The summed E-state index contributed by atoms with van der Waals surface area (Å²) in [6.45, 7) is 8.84. The van der Waals surface area contributed by atoms with E-state index in [1.165, 1.54) is 11.1 Å². The van der Waals surface area contributed by atoms with Crippen molar-refractivity contribution in [2.24, 2.45) is 5.92 Å². The molecule has 1 aliphatic carbocycles. The van der Waals surface area contributed by atoms with Crippen LogP contribution >= 0.6 is 0 Å². The summed E-state index contributed by atoms with van der Waals surface area (Å²) < 4.78 is 4.93. The molecule has 0 aromatic rings. The molecular formula is C17H26O2. The van der Waals surface area contributed by atoms with Gasteiger partial charge in [-0.05, 0) is 57.9 Å². The molecule has 1 aliphatic rings. The zero-order valence-corrected chi connectivity index (χ0v) is 12.7. The molecule has 0 saturated heterocycles. The van der Waals surface area contributed by atoms with Crippen molar-refractivity contribution in [3.8, 4) is 0 Å². The quantitative estimate of drug-likeness (QED) is 0.398. The number of esters is 1. The Kier molecular flexibility index (Phi) is 6.61. The van der Waals surface area contributed by atoms with Gasteiger partial charge in [0.15, 0.2) is 0 Å². The fraction of sp³-hybridized carbons (Fsp3) is 0.588. The van der Waals surface area contributed by atoms with E-state index in [2.05, 4.69) is 32.9 Å². The maximum atomic E-state index is 11.4. The smallest absolute Gasteiger partial charge is 0.331 e. The first kappa shape index (κ1) is 15.7. The highest BCUT2D eigenvalue weighted by atomic mass is 16.5. The minimum atomic E-state index is -0.215. The molecule has 0 saturated carbocycles. The van der Waals surface area contributed by atoms with Gasteiger partial charge in [-0.25, -0.2) is 4.79 Å². The molecule has 0 heterocycles. The maximum absolute atomic E-state index is 11.4. The van der Waals surface area contributed by atoms with E-state index in [4.69, 9.17) is 4.74 Å². The highest BCUT2D eigenvalue weighted by Crippen LogP contribution is 2.29. The fourth-order valence-corrected chi connectivity index (χ4v) is 2.29. The molecule has 0 amide bonds. The Balaban J connectivity index is 2.48. The van der Waals surface area contributed by atoms with Gasteiger partial charge in [-0.15, -0.1) is 0 Å². The number of hydrogen-bond acceptors (Lipinski definition) is 2. The lowest BCUT2D eigenvalue weighted by Gasteiger charge is -2.09. The summed E-state index contributed by atoms with van der Waals surface area (Å²) in [5, 5.41) is 0. The number of hydrogen-bond donors (Lipinski definition) is 0. The zero-order valence-electron chi connectivity index (χ0n) is 12.7. The summed E-state index contributed by atoms with van der Waals surface area (Å²) in [5.74, 6) is 0.454. The highest BCUT2D eigenvalue weighted by Gasteiger charge is 2.13. The van der Waals surface area contributed by atoms with Crippen LogP contribution in [0.3, 0.4) is 0 Å². The predicted molar refractivity (Wildman–Crippen MR) is 79.9 cm³/mol. The van der Waals surface area contributed by atoms with Gasteiger partial charge in [0, 0.05) is 6.08 Å². The van der Waals surface area contributed by atoms with Gasteiger partial charge in [-0.3, -0.25) is 0 Å². The molecule has 0 spiro atoms. The lowest BCUT2D eigenvalue weighted by atomic mass is 9.97. The molecule has 0 N–H and O–H groups in total. The third-order valence-electron chi connectivity index (χ3n) is 3.25. The normalized spacial score (nSPS) is 18.1. The Morgan fingerprint density at radius 2 is 2.16 bits per heavy atom. The fourth-order valence-electron chi connectivity index (χ4n) is 2.29. The van der Waals surface area contributed by atoms with Gasteiger partial charge >= 0.3 is 5.97 Å². The lowest BCUT2D eigenvalue weighted by molar-refractivity contribution is -0.137. The molecule has 0 fully saturated rings. The maximum Gasteiger partial charge on any atom is 0.331 e. The predicted octanol–water partition coefficient (Wildman–Crippen LogP) is 4.58. The monoisotopic (exact) mass is 262 g/mol. The van der Waals surface area contributed by atoms with Gasteiger partial charge in [-0.1, -0.05) is 30.2 Å². The highest BCUT2D eigenvalue weighted by molar-refractivity contribution is 5.83. The molecule has 0 aromatic carbocycles. The summed E-state index contributed by atoms with van der Waals surface area (Å²) in [5.41, 5.74) is 3.96. The van der Waals surface area contributed by atoms with Gasteiger partial charge in [0.1, 0.15) is 0 Å². The Morgan fingerprint density at radius 1 is 1.42 bits per heavy atom. The van der Waals surface area contributed by atoms with Crippen LogP contribution in [0.1, 0.15) is 53.4 Å². The van der Waals surface area contributed by atoms with Crippen LogP contribution in [-0.2, 0) is 9.53 Å². The van der Waals surface area contributed by atoms with Gasteiger partial charge < -0.3 is 4.74 Å². The molecule has 0 aliphatic heterocycles. The number of rotatable bonds is 6. The van der Waals surface area contributed by atoms with E-state index in [0.29, 0.717) is 12.5 Å². The summed E-state index contributed by atoms with van der Waals surface area (Å²) >= 11 is 0. The first-order valence-corrected chi connectivity index (χ1v) is 7.21. The molecule has 1 atom stereocenters. The third-order valence-corrected chi connectivity index (χ3v) is 3.25. The van der Waals surface area contributed by atoms with E-state index in [0.717, 1.165) is 31.3 Å². The average molecular weight is 262 g/mol. The van der Waals surface area contributed by atoms with Crippen molar-refractivity contribution >= 4 is 5.97 Å². The summed E-state index contributed by atoms with van der Waals surface area (Å²) in [6.07, 6.45) is 10.4. The minimum Gasteiger partial charge on any atom is -0.463 e. The Hall–Kier alpha value is -1.31. The van der Waals surface area contributed by atoms with Crippen LogP contribution in [-0.4, -0.2) is 12.6 Å². The molecule has 2 nitrogen and oxygen atoms in total. The Labute approximate surface area is 117 Å². The lowest BCUT2D eigenvalue weighted by Crippen LogP contribution is -1.99. The van der Waals surface area contributed by atoms with Crippen LogP contribution in [0.4, 0.5) is 0 Å². The first-order valence-electron chi connectivity index (χ1n) is 7.21. The van der Waals surface area contributed by atoms with Gasteiger partial charge in [0.25, 0.3) is 0 Å². The average Bonchev–Trinajstić information content (AvgIpc) is 2.74. The van der Waals surface area contributed by atoms with E-state index in [-0.39, 0.29) is 5.97 Å². The number of carbonyl (C=O) groups is 1. The number of carbonyl (C=O) groups excluding carboxylic acids is 1. The summed E-state index contributed by atoms with van der Waals surface area (Å²) in [4.78, 5) is 11.4. The van der Waals surface area contributed by atoms with Crippen LogP contribution in [0.15, 0.2) is 34.9 Å². The van der Waals surface area contributed by atoms with Crippen LogP contribution < -0.4 is 0 Å². The second kappa shape index (κ2) is 7.98. The van der Waals surface area contributed by atoms with Gasteiger partial charge in [-0.2, -0.15) is 0 Å². The third kappa shape index (κ3) is 6.42. The molecule has 0 radical (unpaired) electrons. The van der Waals surface area contributed by atoms with Crippen molar-refractivity contribution in [3.63, 3.8) is 0 Å². The van der Waals surface area contributed by atoms with Crippen molar-refractivity contribution in [3.05, 3.63) is 34.9 Å². The van der Waals surface area contributed by atoms with Crippen LogP contribution in [0.2, 0.25) is 0 Å². The minimum absolute atomic E-state index is 0.215. The molecule has 0 aromatic heterocycles. The summed E-state index contributed by atoms with van der Waals surface area (Å²) in [7, 11) is 0. The SMILES string of the molecule is CCOC(=O)C=C1C=C(CC(C)CC=C(C)C)CC1. The van der Waals surface area contributed by atoms with Crippen molar-refractivity contribution in [1.29, 1.82) is 0 Å². The van der Waals surface area contributed by atoms with Gasteiger partial charge in [0.05, 0.1) is 6.61 Å². The largest absolute Gasteiger partial charge is 0.463 e. The molecule has 1 rings (SSSR count). The molecule has 106 valence electrons. The van der Waals surface area contributed by atoms with E-state index in [9.17, 15) is 4.79 Å². The summed E-state index contributed by atoms with van der Waals surface area (Å²) in [6, 6.07) is 0. The second-order valence-electron chi connectivity index (χ2n) is 5.60. The van der Waals surface area contributed by atoms with Crippen molar-refractivity contribution in [2.45, 2.75) is 53.4 Å². The van der Waals surface area contributed by atoms with Gasteiger partial charge in [0.2, 0.25) is 0 Å². The Morgan fingerprint density at radius 3 is 2.79 bits per heavy atom. The number of allylic oxidation sites excluding steroid dienone is 5. The molecule has 1 unspecified atom stereocenters. The van der Waals surface area contributed by atoms with Crippen LogP contribution in [0.5, 0.6) is 0 Å². The van der Waals surface area contributed by atoms with Crippen LogP contribution in [0, 0.1) is 5.92 Å². The Bertz CT molecular complexity index is 395. The second-order valence-corrected chi connectivity index (χ2v) is 5.60. The zero-order chi connectivity index (χ0) is 14.3. The standard InChI is InChI=1S/C17H26O2/c1-5-19-17(18)12-16-9-8-15(11-16)10-14(4)7-6-13(2)3/h6,11-12,14H,5,7-10H2,1-4H3. The molecule has 0 bridgehead atoms. The topological polar surface area (TPSA) is 26.3 Å². The first-order chi connectivity index (χ1) is 9.01. The van der Waals surface area contributed by atoms with Crippen molar-refractivity contribution in [1.82, 2.24) is 0 Å². The molecule has 19 heavy (non-hydrogen) atoms. The number of ether oxygens (including phenoxy) is 1.